The molecule has 2 fully saturated rings. The summed E-state index contributed by atoms with van der Waals surface area (Å²) in [5.74, 6) is -0.151. The number of sulfone groups is 1. The fourth-order valence-corrected chi connectivity index (χ4v) is 6.23. The molecule has 1 saturated heterocycles. The molecule has 2 aromatic rings. The van der Waals surface area contributed by atoms with Crippen LogP contribution in [0.4, 0.5) is 17.5 Å². The normalized spacial score (nSPS) is 20.8. The van der Waals surface area contributed by atoms with E-state index in [1.165, 1.54) is 34.8 Å². The van der Waals surface area contributed by atoms with Gasteiger partial charge in [0.25, 0.3) is 5.91 Å². The average molecular weight is 583 g/mol. The summed E-state index contributed by atoms with van der Waals surface area (Å²) in [7, 11) is -6.83. The van der Waals surface area contributed by atoms with Gasteiger partial charge < -0.3 is 25.8 Å². The van der Waals surface area contributed by atoms with Crippen molar-refractivity contribution in [1.82, 2.24) is 14.3 Å². The van der Waals surface area contributed by atoms with E-state index < -0.39 is 25.8 Å². The number of aliphatic hydroxyl groups is 1. The number of hydrogen-bond donors (Lipinski definition) is 4. The zero-order valence-electron chi connectivity index (χ0n) is 21.7. The second kappa shape index (κ2) is 12.6. The lowest BCUT2D eigenvalue weighted by molar-refractivity contribution is 0.0730. The zero-order chi connectivity index (χ0) is 28.0. The molecule has 0 atom stereocenters. The number of amides is 1. The van der Waals surface area contributed by atoms with Gasteiger partial charge in [0.1, 0.15) is 21.2 Å². The predicted molar refractivity (Wildman–Crippen MR) is 146 cm³/mol. The number of sulfonamides is 1. The van der Waals surface area contributed by atoms with Crippen LogP contribution in [0.5, 0.6) is 0 Å². The Balaban J connectivity index is 1.49. The number of carbonyl (C=O) groups excluding carboxylic acids is 1. The summed E-state index contributed by atoms with van der Waals surface area (Å²) in [4.78, 5) is 21.9. The first kappa shape index (κ1) is 29.1. The van der Waals surface area contributed by atoms with Gasteiger partial charge in [0.2, 0.25) is 16.0 Å². The van der Waals surface area contributed by atoms with Crippen molar-refractivity contribution < 1.29 is 31.5 Å². The lowest BCUT2D eigenvalue weighted by Gasteiger charge is -2.27. The molecule has 0 unspecified atom stereocenters. The predicted octanol–water partition coefficient (Wildman–Crippen LogP) is 0.922. The van der Waals surface area contributed by atoms with Gasteiger partial charge in [-0.1, -0.05) is 0 Å². The van der Waals surface area contributed by atoms with Gasteiger partial charge in [-0.05, 0) is 49.9 Å². The van der Waals surface area contributed by atoms with Crippen molar-refractivity contribution in [3.8, 4) is 0 Å². The number of aromatic nitrogens is 2. The third-order valence-corrected chi connectivity index (χ3v) is 9.41. The third kappa shape index (κ3) is 8.08. The van der Waals surface area contributed by atoms with Crippen molar-refractivity contribution in [3.63, 3.8) is 0 Å². The Morgan fingerprint density at radius 1 is 1.08 bits per heavy atom. The molecule has 4 N–H and O–H groups in total. The van der Waals surface area contributed by atoms with Gasteiger partial charge in [-0.15, -0.1) is 0 Å². The highest BCUT2D eigenvalue weighted by atomic mass is 32.2. The molecule has 4 rings (SSSR count). The summed E-state index contributed by atoms with van der Waals surface area (Å²) >= 11 is 0. The van der Waals surface area contributed by atoms with Gasteiger partial charge in [0.15, 0.2) is 0 Å². The maximum Gasteiger partial charge on any atom is 0.260 e. The molecule has 0 radical (unpaired) electrons. The van der Waals surface area contributed by atoms with E-state index in [-0.39, 0.29) is 59.8 Å². The fraction of sp³-hybridized carbons (Fsp3) is 0.542. The molecule has 1 aromatic heterocycles. The van der Waals surface area contributed by atoms with Crippen LogP contribution >= 0.6 is 0 Å². The Labute approximate surface area is 228 Å². The Bertz CT molecular complexity index is 1360. The van der Waals surface area contributed by atoms with E-state index in [0.29, 0.717) is 44.6 Å². The molecule has 13 nitrogen and oxygen atoms in total. The lowest BCUT2D eigenvalue weighted by atomic mass is 9.93. The van der Waals surface area contributed by atoms with Gasteiger partial charge in [-0.2, -0.15) is 9.29 Å². The standard InChI is InChI=1S/C24H34N6O7S2/c1-38(33,34)15-10-25-24-26-16-21(22(29-24)27-17-2-6-19(31)7-3-17)23(32)28-18-4-8-20(9-5-18)39(35,36)30-11-13-37-14-12-30/h4-5,8-9,16-17,19,31H,2-3,6-7,10-15H2,1H3,(H,28,32)(H2,25,26,27,29)/t17-,19-. The van der Waals surface area contributed by atoms with Gasteiger partial charge >= 0.3 is 0 Å². The molecular formula is C24H34N6O7S2. The van der Waals surface area contributed by atoms with Crippen LogP contribution in [-0.4, -0.2) is 99.1 Å². The van der Waals surface area contributed by atoms with E-state index in [4.69, 9.17) is 4.74 Å². The number of morpholine rings is 1. The Morgan fingerprint density at radius 2 is 1.74 bits per heavy atom. The van der Waals surface area contributed by atoms with E-state index in [1.807, 2.05) is 0 Å². The molecular weight excluding hydrogens is 548 g/mol. The van der Waals surface area contributed by atoms with Crippen LogP contribution in [0, 0.1) is 0 Å². The minimum Gasteiger partial charge on any atom is -0.393 e. The Kier molecular flexibility index (Phi) is 9.38. The van der Waals surface area contributed by atoms with Crippen LogP contribution in [0.2, 0.25) is 0 Å². The summed E-state index contributed by atoms with van der Waals surface area (Å²) in [6.07, 6.45) is 4.79. The molecule has 0 spiro atoms. The molecule has 214 valence electrons. The largest absolute Gasteiger partial charge is 0.393 e. The smallest absolute Gasteiger partial charge is 0.260 e. The molecule has 39 heavy (non-hydrogen) atoms. The number of nitrogens with one attached hydrogen (secondary N) is 3. The van der Waals surface area contributed by atoms with E-state index in [1.54, 1.807) is 0 Å². The van der Waals surface area contributed by atoms with E-state index in [9.17, 15) is 26.7 Å². The summed E-state index contributed by atoms with van der Waals surface area (Å²) in [5, 5.41) is 18.7. The topological polar surface area (TPSA) is 180 Å². The molecule has 2 aliphatic rings. The van der Waals surface area contributed by atoms with Gasteiger partial charge in [0.05, 0.1) is 30.0 Å². The summed E-state index contributed by atoms with van der Waals surface area (Å²) in [5.41, 5.74) is 0.558. The number of aliphatic hydroxyl groups excluding tert-OH is 1. The van der Waals surface area contributed by atoms with E-state index >= 15 is 0 Å². The lowest BCUT2D eigenvalue weighted by Crippen LogP contribution is -2.40. The fourth-order valence-electron chi connectivity index (χ4n) is 4.35. The van der Waals surface area contributed by atoms with Crippen molar-refractivity contribution >= 4 is 43.2 Å². The first-order valence-corrected chi connectivity index (χ1v) is 16.2. The molecule has 15 heteroatoms. The first-order chi connectivity index (χ1) is 18.5. The second-order valence-corrected chi connectivity index (χ2v) is 13.9. The Hall–Kier alpha value is -2.85. The van der Waals surface area contributed by atoms with Crippen molar-refractivity contribution in [2.45, 2.75) is 42.7 Å². The quantitative estimate of drug-likeness (QED) is 0.313. The average Bonchev–Trinajstić information content (AvgIpc) is 2.90. The number of anilines is 3. The number of carbonyl (C=O) groups is 1. The number of nitrogens with zero attached hydrogens (tertiary/aromatic N) is 3. The van der Waals surface area contributed by atoms with Gasteiger partial charge in [-0.25, -0.2) is 21.8 Å². The molecule has 1 aromatic carbocycles. The number of benzene rings is 1. The SMILES string of the molecule is CS(=O)(=O)CCNc1ncc(C(=O)Nc2ccc(S(=O)(=O)N3CCOCC3)cc2)c(N[C@H]2CC[C@H](O)CC2)n1. The van der Waals surface area contributed by atoms with E-state index in [2.05, 4.69) is 25.9 Å². The number of ether oxygens (including phenoxy) is 1. The zero-order valence-corrected chi connectivity index (χ0v) is 23.3. The van der Waals surface area contributed by atoms with Crippen LogP contribution in [0.3, 0.4) is 0 Å². The van der Waals surface area contributed by atoms with Crippen molar-refractivity contribution in [3.05, 3.63) is 36.0 Å². The minimum atomic E-state index is -3.66. The van der Waals surface area contributed by atoms with Crippen LogP contribution in [0.25, 0.3) is 0 Å². The van der Waals surface area contributed by atoms with Gasteiger partial charge in [0, 0.05) is 43.8 Å². The van der Waals surface area contributed by atoms with Crippen molar-refractivity contribution in [1.29, 1.82) is 0 Å². The van der Waals surface area contributed by atoms with E-state index in [0.717, 1.165) is 6.26 Å². The molecule has 1 amide bonds. The summed E-state index contributed by atoms with van der Waals surface area (Å²) in [6, 6.07) is 5.91. The maximum atomic E-state index is 13.2. The van der Waals surface area contributed by atoms with Crippen LogP contribution in [0.1, 0.15) is 36.0 Å². The molecule has 1 aliphatic heterocycles. The van der Waals surface area contributed by atoms with Crippen molar-refractivity contribution in [2.24, 2.45) is 0 Å². The highest BCUT2D eigenvalue weighted by molar-refractivity contribution is 7.90. The third-order valence-electron chi connectivity index (χ3n) is 6.55. The number of rotatable bonds is 10. The molecule has 1 saturated carbocycles. The summed E-state index contributed by atoms with van der Waals surface area (Å²) in [6.45, 7) is 1.38. The van der Waals surface area contributed by atoms with Crippen LogP contribution < -0.4 is 16.0 Å². The molecule has 2 heterocycles. The first-order valence-electron chi connectivity index (χ1n) is 12.7. The molecule has 1 aliphatic carbocycles. The number of hydrogen-bond acceptors (Lipinski definition) is 11. The maximum absolute atomic E-state index is 13.2. The van der Waals surface area contributed by atoms with Crippen LogP contribution in [-0.2, 0) is 24.6 Å². The monoisotopic (exact) mass is 582 g/mol. The van der Waals surface area contributed by atoms with Gasteiger partial charge in [-0.3, -0.25) is 4.79 Å². The minimum absolute atomic E-state index is 0.0107. The Morgan fingerprint density at radius 3 is 2.38 bits per heavy atom. The highest BCUT2D eigenvalue weighted by Gasteiger charge is 2.27. The van der Waals surface area contributed by atoms with Crippen LogP contribution in [0.15, 0.2) is 35.4 Å². The van der Waals surface area contributed by atoms with Crippen molar-refractivity contribution in [2.75, 3.05) is 60.8 Å². The summed E-state index contributed by atoms with van der Waals surface area (Å²) < 4.78 is 55.2. The second-order valence-electron chi connectivity index (χ2n) is 9.66. The highest BCUT2D eigenvalue weighted by Crippen LogP contribution is 2.25. The molecule has 0 bridgehead atoms.